The highest BCUT2D eigenvalue weighted by Gasteiger charge is 2.33. The number of ether oxygens (including phenoxy) is 2. The molecule has 0 fully saturated rings. The van der Waals surface area contributed by atoms with Gasteiger partial charge in [-0.05, 0) is 23.0 Å². The normalized spacial score (nSPS) is 21.9. The van der Waals surface area contributed by atoms with Crippen molar-refractivity contribution in [2.24, 2.45) is 20.8 Å². The van der Waals surface area contributed by atoms with Crippen LogP contribution in [0.1, 0.15) is 52.7 Å². The minimum Gasteiger partial charge on any atom is -0.475 e. The number of benzene rings is 2. The van der Waals surface area contributed by atoms with Crippen molar-refractivity contribution in [1.82, 2.24) is 0 Å². The standard InChI is InChI=1S/C26H30N2O3/c1-25(2,3)19-13-29-23(27-19)17-11-7-9-15-16-10-8-12-18(22(16)31-21(15)17)24-28-20(14-30-24)26(4,5)6/h7-12,19-20H,13-14H2,1-6H3/t19-,20-/m1/s1. The summed E-state index contributed by atoms with van der Waals surface area (Å²) in [4.78, 5) is 9.75. The van der Waals surface area contributed by atoms with Gasteiger partial charge in [-0.2, -0.15) is 0 Å². The van der Waals surface area contributed by atoms with Crippen molar-refractivity contribution in [2.75, 3.05) is 13.2 Å². The molecule has 3 aromatic rings. The van der Waals surface area contributed by atoms with Gasteiger partial charge in [-0.25, -0.2) is 9.98 Å². The Morgan fingerprint density at radius 3 is 1.45 bits per heavy atom. The van der Waals surface area contributed by atoms with E-state index >= 15 is 0 Å². The van der Waals surface area contributed by atoms with Crippen LogP contribution in [0.2, 0.25) is 0 Å². The highest BCUT2D eigenvalue weighted by molar-refractivity contribution is 6.17. The Morgan fingerprint density at radius 1 is 0.677 bits per heavy atom. The van der Waals surface area contributed by atoms with Crippen LogP contribution >= 0.6 is 0 Å². The van der Waals surface area contributed by atoms with Gasteiger partial charge in [-0.1, -0.05) is 65.8 Å². The predicted molar refractivity (Wildman–Crippen MR) is 125 cm³/mol. The molecule has 162 valence electrons. The lowest BCUT2D eigenvalue weighted by Gasteiger charge is -2.21. The summed E-state index contributed by atoms with van der Waals surface area (Å²) in [7, 11) is 0. The highest BCUT2D eigenvalue weighted by Crippen LogP contribution is 2.36. The summed E-state index contributed by atoms with van der Waals surface area (Å²) in [6, 6.07) is 12.5. The third-order valence-electron chi connectivity index (χ3n) is 6.29. The molecule has 0 amide bonds. The van der Waals surface area contributed by atoms with Crippen LogP contribution in [-0.2, 0) is 9.47 Å². The van der Waals surface area contributed by atoms with E-state index in [1.807, 2.05) is 24.3 Å². The monoisotopic (exact) mass is 418 g/mol. The maximum atomic E-state index is 6.46. The fraction of sp³-hybridized carbons (Fsp3) is 0.462. The lowest BCUT2D eigenvalue weighted by atomic mass is 9.88. The quantitative estimate of drug-likeness (QED) is 0.515. The van der Waals surface area contributed by atoms with Crippen LogP contribution in [0.3, 0.4) is 0 Å². The van der Waals surface area contributed by atoms with E-state index in [9.17, 15) is 0 Å². The zero-order chi connectivity index (χ0) is 22.0. The molecule has 5 heteroatoms. The van der Waals surface area contributed by atoms with Crippen molar-refractivity contribution in [1.29, 1.82) is 0 Å². The molecule has 2 aliphatic rings. The Bertz CT molecular complexity index is 1130. The first-order valence-corrected chi connectivity index (χ1v) is 11.0. The average Bonchev–Trinajstić information content (AvgIpc) is 3.43. The third-order valence-corrected chi connectivity index (χ3v) is 6.29. The highest BCUT2D eigenvalue weighted by atomic mass is 16.5. The Kier molecular flexibility index (Phi) is 4.44. The second-order valence-corrected chi connectivity index (χ2v) is 10.7. The van der Waals surface area contributed by atoms with E-state index in [0.29, 0.717) is 25.0 Å². The van der Waals surface area contributed by atoms with Crippen LogP contribution in [0.25, 0.3) is 21.9 Å². The molecular weight excluding hydrogens is 388 g/mol. The second kappa shape index (κ2) is 6.84. The van der Waals surface area contributed by atoms with Gasteiger partial charge in [0, 0.05) is 10.8 Å². The Morgan fingerprint density at radius 2 is 1.10 bits per heavy atom. The molecule has 0 N–H and O–H groups in total. The van der Waals surface area contributed by atoms with Crippen molar-refractivity contribution in [3.05, 3.63) is 47.5 Å². The van der Waals surface area contributed by atoms with E-state index in [1.165, 1.54) is 0 Å². The van der Waals surface area contributed by atoms with Gasteiger partial charge < -0.3 is 13.9 Å². The Labute approximate surface area is 183 Å². The van der Waals surface area contributed by atoms with Crippen LogP contribution in [0.5, 0.6) is 0 Å². The van der Waals surface area contributed by atoms with Crippen LogP contribution < -0.4 is 0 Å². The Hall–Kier alpha value is -2.82. The molecule has 0 aliphatic carbocycles. The van der Waals surface area contributed by atoms with E-state index in [4.69, 9.17) is 23.9 Å². The number of aliphatic imine (C=N–C) groups is 2. The molecule has 5 rings (SSSR count). The summed E-state index contributed by atoms with van der Waals surface area (Å²) < 4.78 is 18.5. The fourth-order valence-corrected chi connectivity index (χ4v) is 4.09. The zero-order valence-electron chi connectivity index (χ0n) is 19.2. The van der Waals surface area contributed by atoms with Crippen molar-refractivity contribution >= 4 is 33.7 Å². The summed E-state index contributed by atoms with van der Waals surface area (Å²) in [5.41, 5.74) is 3.49. The summed E-state index contributed by atoms with van der Waals surface area (Å²) in [5.74, 6) is 1.32. The molecule has 0 saturated heterocycles. The lowest BCUT2D eigenvalue weighted by molar-refractivity contribution is 0.235. The molecule has 0 radical (unpaired) electrons. The first-order chi connectivity index (χ1) is 14.6. The fourth-order valence-electron chi connectivity index (χ4n) is 4.09. The number of nitrogens with zero attached hydrogens (tertiary/aromatic N) is 2. The summed E-state index contributed by atoms with van der Waals surface area (Å²) >= 11 is 0. The topological polar surface area (TPSA) is 56.3 Å². The minimum absolute atomic E-state index is 0.0538. The molecule has 0 unspecified atom stereocenters. The number of hydrogen-bond acceptors (Lipinski definition) is 5. The van der Waals surface area contributed by atoms with Gasteiger partial charge in [-0.15, -0.1) is 0 Å². The molecule has 2 aromatic carbocycles. The predicted octanol–water partition coefficient (Wildman–Crippen LogP) is 5.97. The third kappa shape index (κ3) is 3.40. The Balaban J connectivity index is 1.64. The van der Waals surface area contributed by atoms with E-state index in [-0.39, 0.29) is 22.9 Å². The van der Waals surface area contributed by atoms with Gasteiger partial charge in [0.1, 0.15) is 24.4 Å². The van der Waals surface area contributed by atoms with Crippen molar-refractivity contribution in [3.8, 4) is 0 Å². The molecule has 2 atom stereocenters. The number of rotatable bonds is 2. The molecule has 3 heterocycles. The van der Waals surface area contributed by atoms with E-state index in [1.54, 1.807) is 0 Å². The number of hydrogen-bond donors (Lipinski definition) is 0. The molecule has 5 nitrogen and oxygen atoms in total. The van der Waals surface area contributed by atoms with Crippen LogP contribution in [-0.4, -0.2) is 37.1 Å². The molecule has 2 aliphatic heterocycles. The van der Waals surface area contributed by atoms with Gasteiger partial charge in [0.25, 0.3) is 0 Å². The molecule has 1 aromatic heterocycles. The zero-order valence-corrected chi connectivity index (χ0v) is 19.2. The summed E-state index contributed by atoms with van der Waals surface area (Å²) in [6.45, 7) is 14.3. The minimum atomic E-state index is 0.0538. The smallest absolute Gasteiger partial charge is 0.220 e. The molecule has 0 saturated carbocycles. The second-order valence-electron chi connectivity index (χ2n) is 10.7. The maximum Gasteiger partial charge on any atom is 0.220 e. The van der Waals surface area contributed by atoms with Gasteiger partial charge in [0.15, 0.2) is 0 Å². The van der Waals surface area contributed by atoms with Crippen LogP contribution in [0.15, 0.2) is 50.8 Å². The molecular formula is C26H30N2O3. The number of fused-ring (bicyclic) bond motifs is 3. The maximum absolute atomic E-state index is 6.46. The van der Waals surface area contributed by atoms with Gasteiger partial charge in [0.2, 0.25) is 11.8 Å². The largest absolute Gasteiger partial charge is 0.475 e. The number of para-hydroxylation sites is 2. The molecule has 0 bridgehead atoms. The molecule has 0 spiro atoms. The average molecular weight is 419 g/mol. The molecule has 31 heavy (non-hydrogen) atoms. The summed E-state index contributed by atoms with van der Waals surface area (Å²) in [5, 5.41) is 2.09. The van der Waals surface area contributed by atoms with Gasteiger partial charge in [-0.3, -0.25) is 0 Å². The van der Waals surface area contributed by atoms with Crippen molar-refractivity contribution in [2.45, 2.75) is 53.6 Å². The van der Waals surface area contributed by atoms with Crippen molar-refractivity contribution in [3.63, 3.8) is 0 Å². The SMILES string of the molecule is CC(C)(C)[C@H]1COC(c2cccc3c2oc2c(C4=N[C@@H](C(C)(C)C)CO4)cccc23)=N1. The van der Waals surface area contributed by atoms with Gasteiger partial charge >= 0.3 is 0 Å². The van der Waals surface area contributed by atoms with Crippen molar-refractivity contribution < 1.29 is 13.9 Å². The first-order valence-electron chi connectivity index (χ1n) is 11.0. The van der Waals surface area contributed by atoms with E-state index < -0.39 is 0 Å². The summed E-state index contributed by atoms with van der Waals surface area (Å²) in [6.07, 6.45) is 0. The van der Waals surface area contributed by atoms with E-state index in [2.05, 4.69) is 53.7 Å². The lowest BCUT2D eigenvalue weighted by Crippen LogP contribution is -2.25. The van der Waals surface area contributed by atoms with E-state index in [0.717, 1.165) is 33.1 Å². The van der Waals surface area contributed by atoms with Crippen LogP contribution in [0.4, 0.5) is 0 Å². The van der Waals surface area contributed by atoms with Crippen LogP contribution in [0, 0.1) is 10.8 Å². The number of furan rings is 1. The first kappa shape index (κ1) is 20.1. The van der Waals surface area contributed by atoms with Gasteiger partial charge in [0.05, 0.1) is 23.2 Å².